The van der Waals surface area contributed by atoms with Gasteiger partial charge in [-0.1, -0.05) is 30.3 Å². The molecule has 0 amide bonds. The summed E-state index contributed by atoms with van der Waals surface area (Å²) in [7, 11) is 1.63. The van der Waals surface area contributed by atoms with Crippen LogP contribution in [0.5, 0.6) is 5.75 Å². The highest BCUT2D eigenvalue weighted by molar-refractivity contribution is 6.17. The Balaban J connectivity index is 2.09. The summed E-state index contributed by atoms with van der Waals surface area (Å²) in [5, 5.41) is 0. The number of para-hydroxylation sites is 1. The van der Waals surface area contributed by atoms with Crippen molar-refractivity contribution in [1.29, 1.82) is 0 Å². The van der Waals surface area contributed by atoms with Gasteiger partial charge in [0.15, 0.2) is 0 Å². The maximum atomic E-state index is 11.4. The summed E-state index contributed by atoms with van der Waals surface area (Å²) in [5.41, 5.74) is 3.55. The second kappa shape index (κ2) is 4.69. The van der Waals surface area contributed by atoms with E-state index in [9.17, 15) is 4.79 Å². The van der Waals surface area contributed by atoms with Crippen LogP contribution in [0, 0.1) is 0 Å². The molecule has 19 heavy (non-hydrogen) atoms. The van der Waals surface area contributed by atoms with Gasteiger partial charge in [0.05, 0.1) is 24.4 Å². The highest BCUT2D eigenvalue weighted by Gasteiger charge is 2.27. The third-order valence-corrected chi connectivity index (χ3v) is 3.31. The van der Waals surface area contributed by atoms with E-state index in [0.29, 0.717) is 0 Å². The first-order valence-electron chi connectivity index (χ1n) is 6.10. The number of carbonyl (C=O) groups excluding carboxylic acids is 1. The number of hydrogen-bond donors (Lipinski definition) is 0. The molecular formula is C16H13NO2. The molecule has 0 saturated carbocycles. The minimum absolute atomic E-state index is 0.289. The number of benzene rings is 2. The van der Waals surface area contributed by atoms with Crippen molar-refractivity contribution in [2.45, 2.75) is 5.92 Å². The zero-order valence-corrected chi connectivity index (χ0v) is 10.5. The summed E-state index contributed by atoms with van der Waals surface area (Å²) >= 11 is 0. The molecule has 1 aliphatic rings. The van der Waals surface area contributed by atoms with Gasteiger partial charge in [-0.25, -0.2) is 0 Å². The predicted octanol–water partition coefficient (Wildman–Crippen LogP) is 3.11. The first kappa shape index (κ1) is 11.7. The van der Waals surface area contributed by atoms with Gasteiger partial charge >= 0.3 is 0 Å². The summed E-state index contributed by atoms with van der Waals surface area (Å²) in [4.78, 5) is 16.0. The Morgan fingerprint density at radius 1 is 1.16 bits per heavy atom. The fourth-order valence-electron chi connectivity index (χ4n) is 2.36. The fraction of sp³-hybridized carbons (Fsp3) is 0.125. The van der Waals surface area contributed by atoms with E-state index in [0.717, 1.165) is 34.6 Å². The van der Waals surface area contributed by atoms with E-state index in [1.807, 2.05) is 48.5 Å². The lowest BCUT2D eigenvalue weighted by molar-refractivity contribution is -0.107. The van der Waals surface area contributed by atoms with Crippen LogP contribution < -0.4 is 4.74 Å². The number of aliphatic imine (C=N–C) groups is 1. The molecule has 1 unspecified atom stereocenters. The van der Waals surface area contributed by atoms with Gasteiger partial charge < -0.3 is 9.53 Å². The van der Waals surface area contributed by atoms with Crippen molar-refractivity contribution < 1.29 is 9.53 Å². The molecule has 1 aliphatic heterocycles. The van der Waals surface area contributed by atoms with Gasteiger partial charge in [0.1, 0.15) is 12.0 Å². The molecule has 2 aromatic rings. The van der Waals surface area contributed by atoms with Crippen LogP contribution in [0.3, 0.4) is 0 Å². The van der Waals surface area contributed by atoms with Gasteiger partial charge in [-0.05, 0) is 23.8 Å². The quantitative estimate of drug-likeness (QED) is 0.786. The van der Waals surface area contributed by atoms with Gasteiger partial charge in [-0.3, -0.25) is 4.99 Å². The van der Waals surface area contributed by atoms with Crippen molar-refractivity contribution in [2.75, 3.05) is 7.11 Å². The molecule has 0 N–H and O–H groups in total. The lowest BCUT2D eigenvalue weighted by Crippen LogP contribution is -2.11. The van der Waals surface area contributed by atoms with Crippen molar-refractivity contribution in [3.05, 3.63) is 59.7 Å². The van der Waals surface area contributed by atoms with Crippen LogP contribution in [0.25, 0.3) is 0 Å². The third-order valence-electron chi connectivity index (χ3n) is 3.31. The number of methoxy groups -OCH3 is 1. The Morgan fingerprint density at radius 3 is 2.79 bits per heavy atom. The Morgan fingerprint density at radius 2 is 2.00 bits per heavy atom. The molecule has 1 atom stereocenters. The van der Waals surface area contributed by atoms with Crippen molar-refractivity contribution in [2.24, 2.45) is 4.99 Å². The predicted molar refractivity (Wildman–Crippen MR) is 74.4 cm³/mol. The number of rotatable bonds is 3. The Kier molecular flexibility index (Phi) is 2.88. The largest absolute Gasteiger partial charge is 0.497 e. The molecule has 0 aliphatic carbocycles. The van der Waals surface area contributed by atoms with Crippen LogP contribution in [0.1, 0.15) is 17.0 Å². The maximum Gasteiger partial charge on any atom is 0.133 e. The highest BCUT2D eigenvalue weighted by atomic mass is 16.5. The minimum atomic E-state index is -0.289. The summed E-state index contributed by atoms with van der Waals surface area (Å²) in [6, 6.07) is 15.4. The van der Waals surface area contributed by atoms with Gasteiger partial charge in [-0.15, -0.1) is 0 Å². The zero-order valence-electron chi connectivity index (χ0n) is 10.5. The Hall–Kier alpha value is -2.42. The Bertz CT molecular complexity index is 661. The topological polar surface area (TPSA) is 38.7 Å². The number of nitrogens with zero attached hydrogens (tertiary/aromatic N) is 1. The molecule has 94 valence electrons. The number of ether oxygens (including phenoxy) is 1. The first-order valence-corrected chi connectivity index (χ1v) is 6.10. The van der Waals surface area contributed by atoms with Gasteiger partial charge in [-0.2, -0.15) is 0 Å². The van der Waals surface area contributed by atoms with Gasteiger partial charge in [0.2, 0.25) is 0 Å². The highest BCUT2D eigenvalue weighted by Crippen LogP contribution is 2.36. The van der Waals surface area contributed by atoms with E-state index in [2.05, 4.69) is 4.99 Å². The molecule has 0 spiro atoms. The average molecular weight is 251 g/mol. The second-order valence-electron chi connectivity index (χ2n) is 4.40. The normalized spacial score (nSPS) is 16.7. The molecule has 0 bridgehead atoms. The summed E-state index contributed by atoms with van der Waals surface area (Å²) in [6.45, 7) is 0. The molecule has 3 nitrogen and oxygen atoms in total. The SMILES string of the molecule is COc1cccc(C2=Nc3ccccc3C2C=O)c1. The molecular weight excluding hydrogens is 238 g/mol. The number of fused-ring (bicyclic) bond motifs is 1. The summed E-state index contributed by atoms with van der Waals surface area (Å²) < 4.78 is 5.22. The molecule has 0 saturated heterocycles. The fourth-order valence-corrected chi connectivity index (χ4v) is 2.36. The molecule has 0 radical (unpaired) electrons. The van der Waals surface area contributed by atoms with E-state index in [1.165, 1.54) is 0 Å². The standard InChI is InChI=1S/C16H13NO2/c1-19-12-6-4-5-11(9-12)16-14(10-18)13-7-2-3-8-15(13)17-16/h2-10,14H,1H3. The maximum absolute atomic E-state index is 11.4. The van der Waals surface area contributed by atoms with E-state index >= 15 is 0 Å². The molecule has 1 heterocycles. The average Bonchev–Trinajstić information content (AvgIpc) is 2.86. The summed E-state index contributed by atoms with van der Waals surface area (Å²) in [6.07, 6.45) is 0.949. The molecule has 0 fully saturated rings. The van der Waals surface area contributed by atoms with E-state index in [-0.39, 0.29) is 5.92 Å². The lowest BCUT2D eigenvalue weighted by atomic mass is 9.93. The van der Waals surface area contributed by atoms with Crippen LogP contribution in [-0.4, -0.2) is 19.1 Å². The number of aldehydes is 1. The van der Waals surface area contributed by atoms with Crippen molar-refractivity contribution in [1.82, 2.24) is 0 Å². The van der Waals surface area contributed by atoms with Crippen LogP contribution in [0.2, 0.25) is 0 Å². The van der Waals surface area contributed by atoms with Crippen molar-refractivity contribution >= 4 is 17.7 Å². The van der Waals surface area contributed by atoms with Crippen LogP contribution >= 0.6 is 0 Å². The van der Waals surface area contributed by atoms with E-state index in [4.69, 9.17) is 4.74 Å². The van der Waals surface area contributed by atoms with Crippen molar-refractivity contribution in [3.8, 4) is 5.75 Å². The lowest BCUT2D eigenvalue weighted by Gasteiger charge is -2.09. The van der Waals surface area contributed by atoms with E-state index in [1.54, 1.807) is 7.11 Å². The molecule has 0 aromatic heterocycles. The number of carbonyl (C=O) groups is 1. The van der Waals surface area contributed by atoms with Crippen molar-refractivity contribution in [3.63, 3.8) is 0 Å². The third kappa shape index (κ3) is 1.93. The van der Waals surface area contributed by atoms with Gasteiger partial charge in [0, 0.05) is 5.56 Å². The molecule has 3 heteroatoms. The number of hydrogen-bond acceptors (Lipinski definition) is 3. The first-order chi connectivity index (χ1) is 9.33. The van der Waals surface area contributed by atoms with Gasteiger partial charge in [0.25, 0.3) is 0 Å². The molecule has 3 rings (SSSR count). The zero-order chi connectivity index (χ0) is 13.2. The van der Waals surface area contributed by atoms with Crippen LogP contribution in [0.15, 0.2) is 53.5 Å². The smallest absolute Gasteiger partial charge is 0.133 e. The Labute approximate surface area is 111 Å². The van der Waals surface area contributed by atoms with E-state index < -0.39 is 0 Å². The van der Waals surface area contributed by atoms with Crippen LogP contribution in [0.4, 0.5) is 5.69 Å². The minimum Gasteiger partial charge on any atom is -0.497 e. The van der Waals surface area contributed by atoms with Crippen LogP contribution in [-0.2, 0) is 4.79 Å². The second-order valence-corrected chi connectivity index (χ2v) is 4.40. The monoisotopic (exact) mass is 251 g/mol. The molecule has 2 aromatic carbocycles. The summed E-state index contributed by atoms with van der Waals surface area (Å²) in [5.74, 6) is 0.476.